The summed E-state index contributed by atoms with van der Waals surface area (Å²) in [5.74, 6) is 1.06. The molecule has 0 atom stereocenters. The molecule has 0 radical (unpaired) electrons. The molecule has 1 heterocycles. The molecule has 1 aromatic heterocycles. The van der Waals surface area contributed by atoms with Crippen LogP contribution in [-0.2, 0) is 20.0 Å². The molecular weight excluding hydrogens is 314 g/mol. The summed E-state index contributed by atoms with van der Waals surface area (Å²) in [7, 11) is 2.06. The van der Waals surface area contributed by atoms with Gasteiger partial charge in [0.05, 0.1) is 11.0 Å². The van der Waals surface area contributed by atoms with E-state index in [1.807, 2.05) is 6.07 Å². The minimum atomic E-state index is 0.549. The summed E-state index contributed by atoms with van der Waals surface area (Å²) in [5.41, 5.74) is 10.2. The normalized spacial score (nSPS) is 11.2. The number of nitrogens with zero attached hydrogens (tertiary/aromatic N) is 2. The van der Waals surface area contributed by atoms with Gasteiger partial charge in [0, 0.05) is 24.5 Å². The molecule has 0 aliphatic rings. The lowest BCUT2D eigenvalue weighted by molar-refractivity contribution is 0.844. The molecule has 20 heavy (non-hydrogen) atoms. The summed E-state index contributed by atoms with van der Waals surface area (Å²) in [5, 5.41) is 0. The molecule has 0 fully saturated rings. The smallest absolute Gasteiger partial charge is 0.114 e. The number of rotatable bonds is 3. The van der Waals surface area contributed by atoms with Crippen LogP contribution in [-0.4, -0.2) is 9.55 Å². The van der Waals surface area contributed by atoms with Crippen molar-refractivity contribution >= 4 is 27.0 Å². The molecule has 2 aromatic carbocycles. The van der Waals surface area contributed by atoms with E-state index in [4.69, 9.17) is 10.7 Å². The highest BCUT2D eigenvalue weighted by molar-refractivity contribution is 9.10. The van der Waals surface area contributed by atoms with Crippen LogP contribution in [0, 0.1) is 0 Å². The van der Waals surface area contributed by atoms with E-state index in [2.05, 4.69) is 63.9 Å². The van der Waals surface area contributed by atoms with Gasteiger partial charge in [-0.15, -0.1) is 0 Å². The first-order valence-corrected chi connectivity index (χ1v) is 7.35. The Kier molecular flexibility index (Phi) is 3.59. The standard InChI is InChI=1S/C16H16BrN3/c1-20-15-6-5-12(10-18)8-14(15)19-16(20)9-11-3-2-4-13(17)7-11/h2-8H,9-10,18H2,1H3. The zero-order chi connectivity index (χ0) is 14.1. The van der Waals surface area contributed by atoms with E-state index in [0.717, 1.165) is 33.3 Å². The fourth-order valence-electron chi connectivity index (χ4n) is 2.41. The molecule has 0 saturated carbocycles. The molecule has 0 aliphatic heterocycles. The molecule has 3 aromatic rings. The molecule has 0 aliphatic carbocycles. The monoisotopic (exact) mass is 329 g/mol. The van der Waals surface area contributed by atoms with Crippen molar-refractivity contribution in [2.45, 2.75) is 13.0 Å². The maximum Gasteiger partial charge on any atom is 0.114 e. The Labute approximate surface area is 126 Å². The summed E-state index contributed by atoms with van der Waals surface area (Å²) < 4.78 is 3.25. The van der Waals surface area contributed by atoms with Gasteiger partial charge in [-0.1, -0.05) is 34.1 Å². The van der Waals surface area contributed by atoms with Crippen LogP contribution in [0.5, 0.6) is 0 Å². The number of benzene rings is 2. The van der Waals surface area contributed by atoms with Gasteiger partial charge in [0.1, 0.15) is 5.82 Å². The van der Waals surface area contributed by atoms with Crippen molar-refractivity contribution in [2.75, 3.05) is 0 Å². The summed E-state index contributed by atoms with van der Waals surface area (Å²) in [6.45, 7) is 0.549. The number of aryl methyl sites for hydroxylation is 1. The Balaban J connectivity index is 2.01. The average molecular weight is 330 g/mol. The minimum Gasteiger partial charge on any atom is -0.331 e. The second-order valence-electron chi connectivity index (χ2n) is 4.92. The van der Waals surface area contributed by atoms with Crippen LogP contribution in [0.4, 0.5) is 0 Å². The third-order valence-electron chi connectivity index (χ3n) is 3.52. The molecule has 0 bridgehead atoms. The van der Waals surface area contributed by atoms with Crippen LogP contribution < -0.4 is 5.73 Å². The van der Waals surface area contributed by atoms with Crippen molar-refractivity contribution < 1.29 is 0 Å². The van der Waals surface area contributed by atoms with Crippen LogP contribution >= 0.6 is 15.9 Å². The van der Waals surface area contributed by atoms with Gasteiger partial charge < -0.3 is 10.3 Å². The zero-order valence-electron chi connectivity index (χ0n) is 11.3. The summed E-state index contributed by atoms with van der Waals surface area (Å²) in [6, 6.07) is 14.6. The van der Waals surface area contributed by atoms with Crippen molar-refractivity contribution in [3.8, 4) is 0 Å². The topological polar surface area (TPSA) is 43.8 Å². The van der Waals surface area contributed by atoms with Crippen molar-refractivity contribution in [3.05, 3.63) is 63.9 Å². The van der Waals surface area contributed by atoms with Crippen LogP contribution in [0.15, 0.2) is 46.9 Å². The fraction of sp³-hybridized carbons (Fsp3) is 0.188. The van der Waals surface area contributed by atoms with E-state index in [9.17, 15) is 0 Å². The van der Waals surface area contributed by atoms with Crippen LogP contribution in [0.3, 0.4) is 0 Å². The third kappa shape index (κ3) is 2.49. The highest BCUT2D eigenvalue weighted by Gasteiger charge is 2.09. The molecule has 3 nitrogen and oxygen atoms in total. The van der Waals surface area contributed by atoms with Gasteiger partial charge in [0.25, 0.3) is 0 Å². The van der Waals surface area contributed by atoms with E-state index in [1.54, 1.807) is 0 Å². The van der Waals surface area contributed by atoms with E-state index in [0.29, 0.717) is 6.54 Å². The van der Waals surface area contributed by atoms with Crippen molar-refractivity contribution in [1.29, 1.82) is 0 Å². The lowest BCUT2D eigenvalue weighted by Crippen LogP contribution is -1.99. The molecular formula is C16H16BrN3. The summed E-state index contributed by atoms with van der Waals surface area (Å²) in [4.78, 5) is 4.74. The quantitative estimate of drug-likeness (QED) is 0.800. The van der Waals surface area contributed by atoms with Gasteiger partial charge in [-0.25, -0.2) is 4.98 Å². The maximum atomic E-state index is 5.69. The van der Waals surface area contributed by atoms with Gasteiger partial charge >= 0.3 is 0 Å². The number of nitrogens with two attached hydrogens (primary N) is 1. The summed E-state index contributed by atoms with van der Waals surface area (Å²) >= 11 is 3.51. The predicted octanol–water partition coefficient (Wildman–Crippen LogP) is 3.39. The number of imidazole rings is 1. The third-order valence-corrected chi connectivity index (χ3v) is 4.02. The predicted molar refractivity (Wildman–Crippen MR) is 85.6 cm³/mol. The molecule has 4 heteroatoms. The highest BCUT2D eigenvalue weighted by Crippen LogP contribution is 2.20. The molecule has 102 valence electrons. The van der Waals surface area contributed by atoms with E-state index in [1.165, 1.54) is 5.56 Å². The van der Waals surface area contributed by atoms with Crippen LogP contribution in [0.2, 0.25) is 0 Å². The number of aromatic nitrogens is 2. The first-order valence-electron chi connectivity index (χ1n) is 6.56. The molecule has 2 N–H and O–H groups in total. The number of hydrogen-bond acceptors (Lipinski definition) is 2. The van der Waals surface area contributed by atoms with Gasteiger partial charge in [0.2, 0.25) is 0 Å². The van der Waals surface area contributed by atoms with Crippen molar-refractivity contribution in [2.24, 2.45) is 12.8 Å². The largest absolute Gasteiger partial charge is 0.331 e. The zero-order valence-corrected chi connectivity index (χ0v) is 12.9. The number of hydrogen-bond donors (Lipinski definition) is 1. The van der Waals surface area contributed by atoms with Gasteiger partial charge in [-0.05, 0) is 35.4 Å². The van der Waals surface area contributed by atoms with Crippen molar-refractivity contribution in [3.63, 3.8) is 0 Å². The lowest BCUT2D eigenvalue weighted by atomic mass is 10.1. The lowest BCUT2D eigenvalue weighted by Gasteiger charge is -2.03. The Bertz CT molecular complexity index is 762. The van der Waals surface area contributed by atoms with E-state index in [-0.39, 0.29) is 0 Å². The van der Waals surface area contributed by atoms with E-state index >= 15 is 0 Å². The molecule has 3 rings (SSSR count). The first-order chi connectivity index (χ1) is 9.67. The molecule has 0 amide bonds. The van der Waals surface area contributed by atoms with E-state index < -0.39 is 0 Å². The average Bonchev–Trinajstić information content (AvgIpc) is 2.75. The fourth-order valence-corrected chi connectivity index (χ4v) is 2.86. The number of halogens is 1. The van der Waals surface area contributed by atoms with Gasteiger partial charge in [0.15, 0.2) is 0 Å². The maximum absolute atomic E-state index is 5.69. The second kappa shape index (κ2) is 5.38. The van der Waals surface area contributed by atoms with Crippen LogP contribution in [0.25, 0.3) is 11.0 Å². The Morgan fingerprint density at radius 2 is 2.00 bits per heavy atom. The molecule has 0 unspecified atom stereocenters. The molecule has 0 spiro atoms. The number of fused-ring (bicyclic) bond motifs is 1. The minimum absolute atomic E-state index is 0.549. The van der Waals surface area contributed by atoms with Crippen LogP contribution in [0.1, 0.15) is 17.0 Å². The Morgan fingerprint density at radius 3 is 2.75 bits per heavy atom. The summed E-state index contributed by atoms with van der Waals surface area (Å²) in [6.07, 6.45) is 0.822. The van der Waals surface area contributed by atoms with Gasteiger partial charge in [-0.2, -0.15) is 0 Å². The Hall–Kier alpha value is -1.65. The van der Waals surface area contributed by atoms with Gasteiger partial charge in [-0.3, -0.25) is 0 Å². The SMILES string of the molecule is Cn1c(Cc2cccc(Br)c2)nc2cc(CN)ccc21. The highest BCUT2D eigenvalue weighted by atomic mass is 79.9. The Morgan fingerprint density at radius 1 is 1.15 bits per heavy atom. The first kappa shape index (κ1) is 13.3. The molecule has 0 saturated heterocycles. The second-order valence-corrected chi connectivity index (χ2v) is 5.84. The van der Waals surface area contributed by atoms with Crippen molar-refractivity contribution in [1.82, 2.24) is 9.55 Å².